The topological polar surface area (TPSA) is 67.3 Å². The number of rotatable bonds is 4. The smallest absolute Gasteiger partial charge is 0.141 e. The molecule has 2 N–H and O–H groups in total. The van der Waals surface area contributed by atoms with Crippen molar-refractivity contribution in [2.24, 2.45) is 0 Å². The highest BCUT2D eigenvalue weighted by Crippen LogP contribution is 2.24. The normalized spacial score (nSPS) is 29.5. The Morgan fingerprint density at radius 1 is 1.56 bits per heavy atom. The number of ether oxygens (including phenoxy) is 1. The van der Waals surface area contributed by atoms with Crippen LogP contribution >= 0.6 is 0 Å². The van der Waals surface area contributed by atoms with E-state index in [1.54, 1.807) is 18.5 Å². The van der Waals surface area contributed by atoms with E-state index in [1.807, 2.05) is 6.92 Å². The number of nitrogens with one attached hydrogen (secondary N) is 1. The van der Waals surface area contributed by atoms with Gasteiger partial charge >= 0.3 is 0 Å². The van der Waals surface area contributed by atoms with Crippen LogP contribution in [0.25, 0.3) is 0 Å². The van der Waals surface area contributed by atoms with E-state index < -0.39 is 5.60 Å². The summed E-state index contributed by atoms with van der Waals surface area (Å²) in [4.78, 5) is 8.20. The fraction of sp³-hybridized carbons (Fsp3) is 0.636. The third-order valence-corrected chi connectivity index (χ3v) is 2.99. The van der Waals surface area contributed by atoms with Gasteiger partial charge < -0.3 is 15.2 Å². The quantitative estimate of drug-likeness (QED) is 0.758. The molecular weight excluding hydrogens is 206 g/mol. The predicted octanol–water partition coefficient (Wildman–Crippen LogP) is 0.106. The minimum Gasteiger partial charge on any atom is -0.386 e. The van der Waals surface area contributed by atoms with Gasteiger partial charge in [0.15, 0.2) is 0 Å². The van der Waals surface area contributed by atoms with Crippen molar-refractivity contribution in [3.8, 4) is 0 Å². The van der Waals surface area contributed by atoms with E-state index in [9.17, 15) is 5.11 Å². The Kier molecular flexibility index (Phi) is 3.48. The highest BCUT2D eigenvalue weighted by atomic mass is 16.5. The Balaban J connectivity index is 1.80. The molecule has 1 aromatic rings. The fourth-order valence-corrected chi connectivity index (χ4v) is 1.81. The van der Waals surface area contributed by atoms with Crippen LogP contribution in [-0.4, -0.2) is 39.9 Å². The second-order valence-electron chi connectivity index (χ2n) is 4.14. The number of aliphatic hydroxyl groups is 1. The Morgan fingerprint density at radius 3 is 2.94 bits per heavy atom. The van der Waals surface area contributed by atoms with E-state index >= 15 is 0 Å². The maximum Gasteiger partial charge on any atom is 0.141 e. The van der Waals surface area contributed by atoms with Crippen LogP contribution in [0.15, 0.2) is 18.5 Å². The van der Waals surface area contributed by atoms with Crippen molar-refractivity contribution >= 4 is 0 Å². The summed E-state index contributed by atoms with van der Waals surface area (Å²) in [7, 11) is 0. The average Bonchev–Trinajstić information content (AvgIpc) is 2.61. The van der Waals surface area contributed by atoms with Gasteiger partial charge in [0.05, 0.1) is 12.6 Å². The molecule has 1 saturated heterocycles. The molecule has 2 heterocycles. The van der Waals surface area contributed by atoms with Gasteiger partial charge in [-0.1, -0.05) is 0 Å². The van der Waals surface area contributed by atoms with Crippen molar-refractivity contribution in [3.05, 3.63) is 24.3 Å². The monoisotopic (exact) mass is 223 g/mol. The summed E-state index contributed by atoms with van der Waals surface area (Å²) in [5.74, 6) is 0.734. The first-order chi connectivity index (χ1) is 7.71. The third kappa shape index (κ3) is 2.55. The van der Waals surface area contributed by atoms with Crippen molar-refractivity contribution in [2.75, 3.05) is 13.2 Å². The predicted molar refractivity (Wildman–Crippen MR) is 58.7 cm³/mol. The Labute approximate surface area is 94.9 Å². The van der Waals surface area contributed by atoms with Gasteiger partial charge in [0.2, 0.25) is 0 Å². The second kappa shape index (κ2) is 4.86. The van der Waals surface area contributed by atoms with Gasteiger partial charge in [-0.25, -0.2) is 9.97 Å². The number of nitrogens with zero attached hydrogens (tertiary/aromatic N) is 2. The molecule has 0 spiro atoms. The molecule has 0 amide bonds. The first-order valence-electron chi connectivity index (χ1n) is 5.51. The molecular formula is C11H17N3O2. The van der Waals surface area contributed by atoms with Crippen LogP contribution in [0.5, 0.6) is 0 Å². The van der Waals surface area contributed by atoms with E-state index in [1.165, 1.54) is 0 Å². The molecule has 0 bridgehead atoms. The Bertz CT molecular complexity index is 333. The molecule has 2 unspecified atom stereocenters. The average molecular weight is 223 g/mol. The number of hydrogen-bond donors (Lipinski definition) is 2. The lowest BCUT2D eigenvalue weighted by Gasteiger charge is -2.26. The summed E-state index contributed by atoms with van der Waals surface area (Å²) in [6, 6.07) is 1.78. The Morgan fingerprint density at radius 2 is 2.31 bits per heavy atom. The van der Waals surface area contributed by atoms with Crippen LogP contribution < -0.4 is 5.32 Å². The van der Waals surface area contributed by atoms with Crippen molar-refractivity contribution in [3.63, 3.8) is 0 Å². The summed E-state index contributed by atoms with van der Waals surface area (Å²) >= 11 is 0. The molecule has 2 atom stereocenters. The molecule has 2 rings (SSSR count). The van der Waals surface area contributed by atoms with Crippen LogP contribution in [-0.2, 0) is 11.3 Å². The van der Waals surface area contributed by atoms with E-state index in [-0.39, 0.29) is 6.10 Å². The maximum absolute atomic E-state index is 10.2. The molecule has 0 saturated carbocycles. The second-order valence-corrected chi connectivity index (χ2v) is 4.14. The van der Waals surface area contributed by atoms with Crippen molar-refractivity contribution < 1.29 is 9.84 Å². The standard InChI is InChI=1S/C11H17N3O2/c1-9-11(15,3-6-16-9)8-12-7-10-13-4-2-5-14-10/h2,4-5,9,12,15H,3,6-8H2,1H3. The molecule has 1 aliphatic rings. The van der Waals surface area contributed by atoms with Gasteiger partial charge in [-0.2, -0.15) is 0 Å². The highest BCUT2D eigenvalue weighted by molar-refractivity contribution is 4.93. The molecule has 1 aliphatic heterocycles. The van der Waals surface area contributed by atoms with Gasteiger partial charge in [-0.05, 0) is 13.0 Å². The molecule has 5 nitrogen and oxygen atoms in total. The van der Waals surface area contributed by atoms with Gasteiger partial charge in [0.1, 0.15) is 11.4 Å². The molecule has 5 heteroatoms. The first-order valence-corrected chi connectivity index (χ1v) is 5.51. The van der Waals surface area contributed by atoms with Gasteiger partial charge in [-0.3, -0.25) is 0 Å². The summed E-state index contributed by atoms with van der Waals surface area (Å²) < 4.78 is 5.35. The lowest BCUT2D eigenvalue weighted by Crippen LogP contribution is -2.45. The van der Waals surface area contributed by atoms with Crippen LogP contribution in [0.3, 0.4) is 0 Å². The number of hydrogen-bond acceptors (Lipinski definition) is 5. The summed E-state index contributed by atoms with van der Waals surface area (Å²) in [6.07, 6.45) is 3.98. The summed E-state index contributed by atoms with van der Waals surface area (Å²) in [5, 5.41) is 13.4. The van der Waals surface area contributed by atoms with Crippen LogP contribution in [0, 0.1) is 0 Å². The van der Waals surface area contributed by atoms with E-state index in [0.29, 0.717) is 26.1 Å². The van der Waals surface area contributed by atoms with Crippen LogP contribution in [0.2, 0.25) is 0 Å². The molecule has 0 aromatic carbocycles. The zero-order valence-electron chi connectivity index (χ0n) is 9.39. The summed E-state index contributed by atoms with van der Waals surface area (Å²) in [5.41, 5.74) is -0.755. The van der Waals surface area contributed by atoms with E-state index in [4.69, 9.17) is 4.74 Å². The van der Waals surface area contributed by atoms with Crippen molar-refractivity contribution in [2.45, 2.75) is 31.6 Å². The zero-order chi connectivity index (χ0) is 11.4. The highest BCUT2D eigenvalue weighted by Gasteiger charge is 2.38. The van der Waals surface area contributed by atoms with Crippen molar-refractivity contribution in [1.82, 2.24) is 15.3 Å². The lowest BCUT2D eigenvalue weighted by atomic mass is 9.97. The van der Waals surface area contributed by atoms with Crippen molar-refractivity contribution in [1.29, 1.82) is 0 Å². The molecule has 88 valence electrons. The molecule has 1 aromatic heterocycles. The van der Waals surface area contributed by atoms with Gasteiger partial charge in [-0.15, -0.1) is 0 Å². The first kappa shape index (κ1) is 11.4. The largest absolute Gasteiger partial charge is 0.386 e. The SMILES string of the molecule is CC1OCCC1(O)CNCc1ncccn1. The molecule has 0 radical (unpaired) electrons. The third-order valence-electron chi connectivity index (χ3n) is 2.99. The van der Waals surface area contributed by atoms with E-state index in [2.05, 4.69) is 15.3 Å². The summed E-state index contributed by atoms with van der Waals surface area (Å²) in [6.45, 7) is 3.59. The van der Waals surface area contributed by atoms with Crippen LogP contribution in [0.1, 0.15) is 19.2 Å². The maximum atomic E-state index is 10.2. The minimum absolute atomic E-state index is 0.114. The number of aromatic nitrogens is 2. The van der Waals surface area contributed by atoms with Gasteiger partial charge in [0.25, 0.3) is 0 Å². The zero-order valence-corrected chi connectivity index (χ0v) is 9.39. The molecule has 1 fully saturated rings. The van der Waals surface area contributed by atoms with Crippen LogP contribution in [0.4, 0.5) is 0 Å². The minimum atomic E-state index is -0.755. The molecule has 16 heavy (non-hydrogen) atoms. The van der Waals surface area contributed by atoms with E-state index in [0.717, 1.165) is 5.82 Å². The molecule has 0 aliphatic carbocycles. The Hall–Kier alpha value is -1.04. The fourth-order valence-electron chi connectivity index (χ4n) is 1.81. The van der Waals surface area contributed by atoms with Gasteiger partial charge in [0, 0.05) is 32.0 Å². The lowest BCUT2D eigenvalue weighted by molar-refractivity contribution is -0.0263.